The Morgan fingerprint density at radius 1 is 1.03 bits per heavy atom. The Labute approximate surface area is 183 Å². The molecule has 2 aromatic heterocycles. The molecule has 0 bridgehead atoms. The van der Waals surface area contributed by atoms with E-state index in [9.17, 15) is 4.39 Å². The summed E-state index contributed by atoms with van der Waals surface area (Å²) in [6, 6.07) is 18.7. The molecule has 30 heavy (non-hydrogen) atoms. The van der Waals surface area contributed by atoms with Crippen LogP contribution in [0, 0.1) is 5.82 Å². The molecule has 0 atom stereocenters. The molecule has 1 aliphatic rings. The molecular weight excluding hydrogens is 417 g/mol. The lowest BCUT2D eigenvalue weighted by molar-refractivity contribution is 0.245. The lowest BCUT2D eigenvalue weighted by atomic mass is 10.1. The lowest BCUT2D eigenvalue weighted by Gasteiger charge is -2.27. The third-order valence-corrected chi connectivity index (χ3v) is 6.65. The highest BCUT2D eigenvalue weighted by Gasteiger charge is 2.20. The van der Waals surface area contributed by atoms with E-state index in [1.807, 2.05) is 48.7 Å². The number of aromatic nitrogens is 2. The van der Waals surface area contributed by atoms with E-state index in [1.54, 1.807) is 17.4 Å². The summed E-state index contributed by atoms with van der Waals surface area (Å²) in [5.74, 6) is 0.568. The zero-order chi connectivity index (χ0) is 20.5. The van der Waals surface area contributed by atoms with Crippen molar-refractivity contribution in [3.8, 4) is 21.8 Å². The second kappa shape index (κ2) is 8.26. The van der Waals surface area contributed by atoms with E-state index >= 15 is 0 Å². The Balaban J connectivity index is 1.30. The van der Waals surface area contributed by atoms with Gasteiger partial charge in [0.25, 0.3) is 0 Å². The van der Waals surface area contributed by atoms with E-state index in [0.717, 1.165) is 48.0 Å². The summed E-state index contributed by atoms with van der Waals surface area (Å²) in [5, 5.41) is 0.707. The standard InChI is InChI=1S/C24H19ClFN3S/c25-18-7-5-16(6-8-18)24-27-13-17-14-29(12-11-22(17)28-24)15-19-9-10-23(30-19)20-3-1-2-4-21(20)26/h1-10,13H,11-12,14-15H2. The van der Waals surface area contributed by atoms with E-state index in [2.05, 4.69) is 16.0 Å². The minimum Gasteiger partial charge on any atom is -0.293 e. The molecular formula is C24H19ClFN3S. The van der Waals surface area contributed by atoms with Crippen LogP contribution in [-0.4, -0.2) is 21.4 Å². The molecule has 0 spiro atoms. The van der Waals surface area contributed by atoms with Gasteiger partial charge in [0.2, 0.25) is 0 Å². The van der Waals surface area contributed by atoms with Gasteiger partial charge in [-0.05, 0) is 42.5 Å². The van der Waals surface area contributed by atoms with Crippen LogP contribution in [0.4, 0.5) is 4.39 Å². The van der Waals surface area contributed by atoms with Crippen LogP contribution in [0.5, 0.6) is 0 Å². The first-order valence-corrected chi connectivity index (χ1v) is 11.0. The molecule has 3 nitrogen and oxygen atoms in total. The second-order valence-corrected chi connectivity index (χ2v) is 8.98. The average Bonchev–Trinajstić information content (AvgIpc) is 3.22. The Bertz CT molecular complexity index is 1190. The Kier molecular flexibility index (Phi) is 5.34. The number of thiophene rings is 1. The molecule has 6 heteroatoms. The van der Waals surface area contributed by atoms with Crippen LogP contribution in [0.15, 0.2) is 66.9 Å². The van der Waals surface area contributed by atoms with Crippen molar-refractivity contribution in [2.45, 2.75) is 19.5 Å². The van der Waals surface area contributed by atoms with Gasteiger partial charge in [0, 0.05) is 63.7 Å². The smallest absolute Gasteiger partial charge is 0.159 e. The molecule has 0 saturated heterocycles. The Morgan fingerprint density at radius 3 is 2.70 bits per heavy atom. The zero-order valence-electron chi connectivity index (χ0n) is 16.2. The molecule has 0 N–H and O–H groups in total. The quantitative estimate of drug-likeness (QED) is 0.381. The molecule has 0 amide bonds. The van der Waals surface area contributed by atoms with Crippen molar-refractivity contribution < 1.29 is 4.39 Å². The fraction of sp³-hybridized carbons (Fsp3) is 0.167. The van der Waals surface area contributed by atoms with Crippen molar-refractivity contribution in [1.29, 1.82) is 0 Å². The van der Waals surface area contributed by atoms with Gasteiger partial charge in [-0.15, -0.1) is 11.3 Å². The van der Waals surface area contributed by atoms with Crippen molar-refractivity contribution in [3.63, 3.8) is 0 Å². The third kappa shape index (κ3) is 4.01. The molecule has 5 rings (SSSR count). The van der Waals surface area contributed by atoms with E-state index in [1.165, 1.54) is 16.5 Å². The maximum atomic E-state index is 14.1. The zero-order valence-corrected chi connectivity index (χ0v) is 17.8. The van der Waals surface area contributed by atoms with Gasteiger partial charge in [0.1, 0.15) is 5.82 Å². The number of hydrogen-bond donors (Lipinski definition) is 0. The van der Waals surface area contributed by atoms with Crippen LogP contribution in [0.2, 0.25) is 5.02 Å². The molecule has 0 aliphatic carbocycles. The summed E-state index contributed by atoms with van der Waals surface area (Å²) in [6.07, 6.45) is 2.83. The minimum atomic E-state index is -0.175. The SMILES string of the molecule is Fc1ccccc1-c1ccc(CN2CCc3nc(-c4ccc(Cl)cc4)ncc3C2)s1. The predicted octanol–water partition coefficient (Wildman–Crippen LogP) is 6.22. The van der Waals surface area contributed by atoms with Crippen LogP contribution < -0.4 is 0 Å². The molecule has 3 heterocycles. The number of fused-ring (bicyclic) bond motifs is 1. The van der Waals surface area contributed by atoms with Gasteiger partial charge >= 0.3 is 0 Å². The normalized spacial score (nSPS) is 13.9. The lowest BCUT2D eigenvalue weighted by Crippen LogP contribution is -2.30. The molecule has 150 valence electrons. The molecule has 0 unspecified atom stereocenters. The maximum absolute atomic E-state index is 14.1. The van der Waals surface area contributed by atoms with Crippen LogP contribution in [0.25, 0.3) is 21.8 Å². The molecule has 1 aliphatic heterocycles. The first-order chi connectivity index (χ1) is 14.7. The fourth-order valence-corrected chi connectivity index (χ4v) is 4.94. The van der Waals surface area contributed by atoms with Crippen LogP contribution >= 0.6 is 22.9 Å². The van der Waals surface area contributed by atoms with Crippen molar-refractivity contribution in [3.05, 3.63) is 93.8 Å². The monoisotopic (exact) mass is 435 g/mol. The van der Waals surface area contributed by atoms with Gasteiger partial charge in [0.15, 0.2) is 5.82 Å². The minimum absolute atomic E-state index is 0.175. The molecule has 0 saturated carbocycles. The van der Waals surface area contributed by atoms with Crippen molar-refractivity contribution in [1.82, 2.24) is 14.9 Å². The fourth-order valence-electron chi connectivity index (χ4n) is 3.74. The summed E-state index contributed by atoms with van der Waals surface area (Å²) < 4.78 is 14.1. The molecule has 0 fully saturated rings. The van der Waals surface area contributed by atoms with E-state index in [4.69, 9.17) is 16.6 Å². The maximum Gasteiger partial charge on any atom is 0.159 e. The summed E-state index contributed by atoms with van der Waals surface area (Å²) in [6.45, 7) is 2.61. The number of benzene rings is 2. The van der Waals surface area contributed by atoms with Crippen LogP contribution in [0.3, 0.4) is 0 Å². The Hall–Kier alpha value is -2.60. The van der Waals surface area contributed by atoms with Gasteiger partial charge in [0.05, 0.1) is 5.69 Å². The average molecular weight is 436 g/mol. The number of hydrogen-bond acceptors (Lipinski definition) is 4. The number of halogens is 2. The van der Waals surface area contributed by atoms with E-state index in [0.29, 0.717) is 10.6 Å². The van der Waals surface area contributed by atoms with Gasteiger partial charge < -0.3 is 0 Å². The predicted molar refractivity (Wildman–Crippen MR) is 120 cm³/mol. The van der Waals surface area contributed by atoms with Gasteiger partial charge in [-0.1, -0.05) is 29.8 Å². The highest BCUT2D eigenvalue weighted by atomic mass is 35.5. The van der Waals surface area contributed by atoms with Crippen molar-refractivity contribution in [2.75, 3.05) is 6.54 Å². The molecule has 0 radical (unpaired) electrons. The van der Waals surface area contributed by atoms with Gasteiger partial charge in [-0.2, -0.15) is 0 Å². The summed E-state index contributed by atoms with van der Waals surface area (Å²) in [4.78, 5) is 13.9. The van der Waals surface area contributed by atoms with Gasteiger partial charge in [-0.3, -0.25) is 4.90 Å². The van der Waals surface area contributed by atoms with Gasteiger partial charge in [-0.25, -0.2) is 14.4 Å². The third-order valence-electron chi connectivity index (χ3n) is 5.30. The number of rotatable bonds is 4. The second-order valence-electron chi connectivity index (χ2n) is 7.38. The van der Waals surface area contributed by atoms with Crippen LogP contribution in [0.1, 0.15) is 16.1 Å². The topological polar surface area (TPSA) is 29.0 Å². The molecule has 2 aromatic carbocycles. The summed E-state index contributed by atoms with van der Waals surface area (Å²) in [7, 11) is 0. The largest absolute Gasteiger partial charge is 0.293 e. The Morgan fingerprint density at radius 2 is 1.87 bits per heavy atom. The number of nitrogens with zero attached hydrogens (tertiary/aromatic N) is 3. The van der Waals surface area contributed by atoms with E-state index < -0.39 is 0 Å². The van der Waals surface area contributed by atoms with Crippen molar-refractivity contribution in [2.24, 2.45) is 0 Å². The van der Waals surface area contributed by atoms with E-state index in [-0.39, 0.29) is 5.82 Å². The summed E-state index contributed by atoms with van der Waals surface area (Å²) >= 11 is 7.63. The molecule has 4 aromatic rings. The van der Waals surface area contributed by atoms with Crippen LogP contribution in [-0.2, 0) is 19.5 Å². The highest BCUT2D eigenvalue weighted by Crippen LogP contribution is 2.31. The highest BCUT2D eigenvalue weighted by molar-refractivity contribution is 7.15. The van der Waals surface area contributed by atoms with Crippen molar-refractivity contribution >= 4 is 22.9 Å². The first kappa shape index (κ1) is 19.4. The first-order valence-electron chi connectivity index (χ1n) is 9.82. The summed E-state index contributed by atoms with van der Waals surface area (Å²) in [5.41, 5.74) is 3.93.